The number of aromatic amines is 2. The van der Waals surface area contributed by atoms with Gasteiger partial charge in [0.05, 0.1) is 22.7 Å². The molecule has 0 aliphatic carbocycles. The topological polar surface area (TPSA) is 100 Å². The highest BCUT2D eigenvalue weighted by Crippen LogP contribution is 2.32. The van der Waals surface area contributed by atoms with Crippen LogP contribution < -0.4 is 0 Å². The van der Waals surface area contributed by atoms with Crippen molar-refractivity contribution in [2.75, 3.05) is 0 Å². The maximum Gasteiger partial charge on any atom is 0.451 e. The van der Waals surface area contributed by atoms with E-state index in [0.717, 1.165) is 0 Å². The largest absolute Gasteiger partial charge is 0.451 e. The molecule has 0 unspecified atom stereocenters. The molecule has 8 nitrogen and oxygen atoms in total. The van der Waals surface area contributed by atoms with Crippen LogP contribution in [0.1, 0.15) is 5.82 Å². The highest BCUT2D eigenvalue weighted by atomic mass is 79.9. The van der Waals surface area contributed by atoms with Crippen molar-refractivity contribution in [3.8, 4) is 22.9 Å². The Morgan fingerprint density at radius 3 is 2.67 bits per heavy atom. The summed E-state index contributed by atoms with van der Waals surface area (Å²) in [6, 6.07) is 0. The minimum atomic E-state index is -4.63. The van der Waals surface area contributed by atoms with Gasteiger partial charge in [-0.05, 0) is 15.9 Å². The molecular formula is C12H6BrF3N8. The second-order valence-electron chi connectivity index (χ2n) is 4.72. The fourth-order valence-corrected chi connectivity index (χ4v) is 2.51. The van der Waals surface area contributed by atoms with Gasteiger partial charge in [-0.1, -0.05) is 0 Å². The number of H-pyrrole nitrogens is 2. The lowest BCUT2D eigenvalue weighted by Crippen LogP contribution is -2.07. The first-order chi connectivity index (χ1) is 11.4. The van der Waals surface area contributed by atoms with Crippen molar-refractivity contribution in [1.29, 1.82) is 0 Å². The van der Waals surface area contributed by atoms with E-state index in [4.69, 9.17) is 0 Å². The Bertz CT molecular complexity index is 1020. The molecule has 0 fully saturated rings. The molecule has 4 rings (SSSR count). The number of alkyl halides is 3. The number of hydrogen-bond donors (Lipinski definition) is 2. The minimum absolute atomic E-state index is 0.150. The van der Waals surface area contributed by atoms with Gasteiger partial charge in [0, 0.05) is 12.4 Å². The van der Waals surface area contributed by atoms with E-state index in [1.807, 2.05) is 5.10 Å². The van der Waals surface area contributed by atoms with E-state index in [1.54, 1.807) is 10.6 Å². The summed E-state index contributed by atoms with van der Waals surface area (Å²) in [5.41, 5.74) is 1.14. The van der Waals surface area contributed by atoms with Crippen molar-refractivity contribution >= 4 is 21.7 Å². The Hall–Kier alpha value is -2.76. The molecule has 0 aromatic carbocycles. The summed E-state index contributed by atoms with van der Waals surface area (Å²) >= 11 is 3.30. The summed E-state index contributed by atoms with van der Waals surface area (Å²) in [6.07, 6.45) is 1.56. The zero-order valence-corrected chi connectivity index (χ0v) is 13.1. The van der Waals surface area contributed by atoms with Gasteiger partial charge in [-0.3, -0.25) is 9.50 Å². The predicted molar refractivity (Wildman–Crippen MR) is 78.6 cm³/mol. The van der Waals surface area contributed by atoms with Crippen LogP contribution in [-0.4, -0.2) is 39.5 Å². The minimum Gasteiger partial charge on any atom is -0.343 e. The maximum atomic E-state index is 12.8. The Morgan fingerprint density at radius 1 is 1.17 bits per heavy atom. The number of nitrogens with one attached hydrogen (secondary N) is 2. The van der Waals surface area contributed by atoms with Gasteiger partial charge in [-0.25, -0.2) is 19.9 Å². The Balaban J connectivity index is 1.98. The first kappa shape index (κ1) is 14.8. The van der Waals surface area contributed by atoms with E-state index in [2.05, 4.69) is 45.9 Å². The maximum absolute atomic E-state index is 12.8. The molecule has 122 valence electrons. The number of hydrogen-bond acceptors (Lipinski definition) is 5. The van der Waals surface area contributed by atoms with Gasteiger partial charge in [0.2, 0.25) is 17.4 Å². The van der Waals surface area contributed by atoms with E-state index in [9.17, 15) is 13.2 Å². The second kappa shape index (κ2) is 5.12. The van der Waals surface area contributed by atoms with Crippen molar-refractivity contribution in [3.63, 3.8) is 0 Å². The molecule has 0 spiro atoms. The highest BCUT2D eigenvalue weighted by Gasteiger charge is 2.36. The van der Waals surface area contributed by atoms with Crippen molar-refractivity contribution in [2.24, 2.45) is 0 Å². The number of fused-ring (bicyclic) bond motifs is 1. The Labute approximate surface area is 139 Å². The number of halogens is 4. The van der Waals surface area contributed by atoms with Crippen molar-refractivity contribution in [2.45, 2.75) is 6.18 Å². The molecule has 0 atom stereocenters. The first-order valence-corrected chi connectivity index (χ1v) is 7.25. The lowest BCUT2D eigenvalue weighted by Gasteiger charge is -2.01. The van der Waals surface area contributed by atoms with Crippen LogP contribution in [0.4, 0.5) is 13.2 Å². The third-order valence-corrected chi connectivity index (χ3v) is 3.58. The van der Waals surface area contributed by atoms with E-state index >= 15 is 0 Å². The summed E-state index contributed by atoms with van der Waals surface area (Å²) in [5.74, 6) is -1.09. The van der Waals surface area contributed by atoms with Crippen LogP contribution in [-0.2, 0) is 6.18 Å². The molecule has 12 heteroatoms. The van der Waals surface area contributed by atoms with Crippen LogP contribution in [0.5, 0.6) is 0 Å². The predicted octanol–water partition coefficient (Wildman–Crippen LogP) is 2.69. The normalized spacial score (nSPS) is 12.2. The molecule has 0 saturated heterocycles. The number of imidazole rings is 2. The standard InChI is InChI=1S/C12H6BrF3N8/c13-5-1-18-11-20-7(9-21-10(23-22-9)12(14,15)16)8(24(11)3-5)6-2-17-4-19-6/h1-4H,(H,17,19)(H,21,22,23). The van der Waals surface area contributed by atoms with Crippen LogP contribution in [0.3, 0.4) is 0 Å². The van der Waals surface area contributed by atoms with Gasteiger partial charge in [0.1, 0.15) is 11.4 Å². The molecule has 0 radical (unpaired) electrons. The summed E-state index contributed by atoms with van der Waals surface area (Å²) in [6.45, 7) is 0. The third-order valence-electron chi connectivity index (χ3n) is 3.17. The fourth-order valence-electron chi connectivity index (χ4n) is 2.20. The lowest BCUT2D eigenvalue weighted by molar-refractivity contribution is -0.144. The third kappa shape index (κ3) is 2.35. The lowest BCUT2D eigenvalue weighted by atomic mass is 10.2. The summed E-state index contributed by atoms with van der Waals surface area (Å²) in [7, 11) is 0. The molecule has 4 aromatic rings. The zero-order chi connectivity index (χ0) is 16.9. The molecule has 4 aromatic heterocycles. The quantitative estimate of drug-likeness (QED) is 0.540. The van der Waals surface area contributed by atoms with Crippen LogP contribution in [0.25, 0.3) is 28.7 Å². The highest BCUT2D eigenvalue weighted by molar-refractivity contribution is 9.10. The van der Waals surface area contributed by atoms with Gasteiger partial charge in [-0.2, -0.15) is 18.3 Å². The summed E-state index contributed by atoms with van der Waals surface area (Å²) in [4.78, 5) is 18.7. The summed E-state index contributed by atoms with van der Waals surface area (Å²) < 4.78 is 40.5. The molecule has 0 saturated carbocycles. The van der Waals surface area contributed by atoms with Crippen molar-refractivity contribution < 1.29 is 13.2 Å². The Kier molecular flexibility index (Phi) is 3.16. The molecular weight excluding hydrogens is 393 g/mol. The summed E-state index contributed by atoms with van der Waals surface area (Å²) in [5, 5.41) is 5.52. The Morgan fingerprint density at radius 2 is 2.00 bits per heavy atom. The molecule has 2 N–H and O–H groups in total. The smallest absolute Gasteiger partial charge is 0.343 e. The van der Waals surface area contributed by atoms with E-state index < -0.39 is 12.0 Å². The van der Waals surface area contributed by atoms with Gasteiger partial charge >= 0.3 is 6.18 Å². The average molecular weight is 399 g/mol. The van der Waals surface area contributed by atoms with Gasteiger partial charge < -0.3 is 4.98 Å². The molecule has 0 aliphatic heterocycles. The van der Waals surface area contributed by atoms with Crippen molar-refractivity contribution in [3.05, 3.63) is 35.2 Å². The number of rotatable bonds is 2. The monoisotopic (exact) mass is 398 g/mol. The fraction of sp³-hybridized carbons (Fsp3) is 0.0833. The van der Waals surface area contributed by atoms with Crippen LogP contribution in [0.2, 0.25) is 0 Å². The molecule has 0 bridgehead atoms. The van der Waals surface area contributed by atoms with Crippen LogP contribution in [0, 0.1) is 0 Å². The van der Waals surface area contributed by atoms with Gasteiger partial charge in [0.25, 0.3) is 0 Å². The number of aromatic nitrogens is 8. The molecule has 0 amide bonds. The first-order valence-electron chi connectivity index (χ1n) is 6.46. The number of nitrogens with zero attached hydrogens (tertiary/aromatic N) is 6. The van der Waals surface area contributed by atoms with E-state index in [-0.39, 0.29) is 17.3 Å². The van der Waals surface area contributed by atoms with Crippen molar-refractivity contribution in [1.82, 2.24) is 39.5 Å². The van der Waals surface area contributed by atoms with Gasteiger partial charge in [0.15, 0.2) is 0 Å². The SMILES string of the molecule is FC(F)(F)c1nc(-c2nc3ncc(Br)cn3c2-c2cnc[nH]2)n[nH]1. The van der Waals surface area contributed by atoms with E-state index in [0.29, 0.717) is 15.9 Å². The van der Waals surface area contributed by atoms with Gasteiger partial charge in [-0.15, -0.1) is 0 Å². The average Bonchev–Trinajstić information content (AvgIpc) is 3.24. The van der Waals surface area contributed by atoms with E-state index in [1.165, 1.54) is 18.7 Å². The molecule has 24 heavy (non-hydrogen) atoms. The zero-order valence-electron chi connectivity index (χ0n) is 11.5. The second-order valence-corrected chi connectivity index (χ2v) is 5.64. The molecule has 0 aliphatic rings. The molecule has 4 heterocycles. The van der Waals surface area contributed by atoms with Crippen LogP contribution in [0.15, 0.2) is 29.4 Å². The van der Waals surface area contributed by atoms with Crippen LogP contribution >= 0.6 is 15.9 Å².